The van der Waals surface area contributed by atoms with Gasteiger partial charge >= 0.3 is 5.97 Å². The molecule has 0 aliphatic rings. The number of hydrogen-bond acceptors (Lipinski definition) is 3. The lowest BCUT2D eigenvalue weighted by Crippen LogP contribution is -2.05. The van der Waals surface area contributed by atoms with Crippen LogP contribution in [0.5, 0.6) is 5.75 Å². The van der Waals surface area contributed by atoms with E-state index in [1.165, 1.54) is 0 Å². The normalized spacial score (nSPS) is 10.3. The molecule has 3 aromatic carbocycles. The highest BCUT2D eigenvalue weighted by Crippen LogP contribution is 2.20. The Balaban J connectivity index is 1.58. The summed E-state index contributed by atoms with van der Waals surface area (Å²) in [5.74, 6) is -0.0901. The minimum absolute atomic E-state index is 0.319. The van der Waals surface area contributed by atoms with Crippen LogP contribution in [0.1, 0.15) is 27.0 Å². The van der Waals surface area contributed by atoms with Crippen molar-refractivity contribution in [2.75, 3.05) is 5.32 Å². The molecule has 3 aromatic rings. The summed E-state index contributed by atoms with van der Waals surface area (Å²) >= 11 is 0. The maximum Gasteiger partial charge on any atom is 0.336 e. The van der Waals surface area contributed by atoms with Gasteiger partial charge in [-0.05, 0) is 47.9 Å². The zero-order chi connectivity index (χ0) is 18.4. The number of carboxylic acids is 1. The zero-order valence-electron chi connectivity index (χ0n) is 14.6. The molecular formula is C22H21NO3. The Bertz CT molecular complexity index is 874. The lowest BCUT2D eigenvalue weighted by Gasteiger charge is -2.12. The summed E-state index contributed by atoms with van der Waals surface area (Å²) in [6.07, 6.45) is 0. The van der Waals surface area contributed by atoms with Crippen molar-refractivity contribution in [3.63, 3.8) is 0 Å². The van der Waals surface area contributed by atoms with Gasteiger partial charge in [0.15, 0.2) is 0 Å². The molecule has 2 N–H and O–H groups in total. The van der Waals surface area contributed by atoms with E-state index in [9.17, 15) is 9.90 Å². The first-order chi connectivity index (χ1) is 12.6. The average molecular weight is 347 g/mol. The summed E-state index contributed by atoms with van der Waals surface area (Å²) in [6.45, 7) is 2.97. The van der Waals surface area contributed by atoms with E-state index in [0.29, 0.717) is 18.7 Å². The van der Waals surface area contributed by atoms with Crippen molar-refractivity contribution < 1.29 is 14.6 Å². The molecule has 0 aromatic heterocycles. The molecule has 0 radical (unpaired) electrons. The molecule has 132 valence electrons. The maximum absolute atomic E-state index is 11.2. The zero-order valence-corrected chi connectivity index (χ0v) is 14.6. The van der Waals surface area contributed by atoms with Crippen LogP contribution in [0.3, 0.4) is 0 Å². The summed E-state index contributed by atoms with van der Waals surface area (Å²) in [7, 11) is 0. The molecule has 0 saturated heterocycles. The van der Waals surface area contributed by atoms with Crippen molar-refractivity contribution in [3.05, 3.63) is 95.1 Å². The highest BCUT2D eigenvalue weighted by molar-refractivity contribution is 5.91. The molecule has 0 heterocycles. The van der Waals surface area contributed by atoms with Crippen LogP contribution in [0.25, 0.3) is 0 Å². The number of carbonyl (C=O) groups is 1. The number of ether oxygens (including phenoxy) is 1. The molecule has 0 bridgehead atoms. The average Bonchev–Trinajstić information content (AvgIpc) is 2.67. The lowest BCUT2D eigenvalue weighted by molar-refractivity contribution is 0.0696. The van der Waals surface area contributed by atoms with Gasteiger partial charge in [-0.25, -0.2) is 4.79 Å². The van der Waals surface area contributed by atoms with Gasteiger partial charge in [0.25, 0.3) is 0 Å². The molecule has 0 unspecified atom stereocenters. The van der Waals surface area contributed by atoms with Crippen molar-refractivity contribution in [1.29, 1.82) is 0 Å². The van der Waals surface area contributed by atoms with E-state index in [1.807, 2.05) is 67.6 Å². The van der Waals surface area contributed by atoms with Crippen LogP contribution in [0, 0.1) is 6.92 Å². The van der Waals surface area contributed by atoms with Crippen LogP contribution in [0.2, 0.25) is 0 Å². The fourth-order valence-electron chi connectivity index (χ4n) is 2.70. The van der Waals surface area contributed by atoms with Crippen LogP contribution < -0.4 is 10.1 Å². The third-order valence-corrected chi connectivity index (χ3v) is 4.22. The highest BCUT2D eigenvalue weighted by atomic mass is 16.5. The first-order valence-electron chi connectivity index (χ1n) is 8.46. The molecule has 4 nitrogen and oxygen atoms in total. The van der Waals surface area contributed by atoms with Crippen LogP contribution in [0.4, 0.5) is 5.69 Å². The minimum Gasteiger partial charge on any atom is -0.489 e. The smallest absolute Gasteiger partial charge is 0.336 e. The predicted molar refractivity (Wildman–Crippen MR) is 103 cm³/mol. The summed E-state index contributed by atoms with van der Waals surface area (Å²) in [4.78, 5) is 11.2. The number of hydrogen-bond donors (Lipinski definition) is 2. The van der Waals surface area contributed by atoms with Crippen LogP contribution in [-0.4, -0.2) is 11.1 Å². The topological polar surface area (TPSA) is 58.6 Å². The maximum atomic E-state index is 11.2. The standard InChI is InChI=1S/C22H21NO3/c1-16-20(22(24)25)8-5-9-21(16)23-14-17-10-12-19(13-11-17)26-15-18-6-3-2-4-7-18/h2-13,23H,14-15H2,1H3,(H,24,25). The monoisotopic (exact) mass is 347 g/mol. The van der Waals surface area contributed by atoms with E-state index in [2.05, 4.69) is 5.32 Å². The van der Waals surface area contributed by atoms with Crippen molar-refractivity contribution in [1.82, 2.24) is 0 Å². The minimum atomic E-state index is -0.911. The van der Waals surface area contributed by atoms with Gasteiger partial charge < -0.3 is 15.2 Å². The van der Waals surface area contributed by atoms with Crippen molar-refractivity contribution in [2.24, 2.45) is 0 Å². The van der Waals surface area contributed by atoms with Gasteiger partial charge in [-0.15, -0.1) is 0 Å². The Labute approximate surface area is 153 Å². The second-order valence-corrected chi connectivity index (χ2v) is 6.06. The Morgan fingerprint density at radius 2 is 1.65 bits per heavy atom. The lowest BCUT2D eigenvalue weighted by atomic mass is 10.1. The third kappa shape index (κ3) is 4.42. The number of carboxylic acid groups (broad SMARTS) is 1. The largest absolute Gasteiger partial charge is 0.489 e. The van der Waals surface area contributed by atoms with E-state index < -0.39 is 5.97 Å². The second kappa shape index (κ2) is 8.21. The number of anilines is 1. The number of aromatic carboxylic acids is 1. The fraction of sp³-hybridized carbons (Fsp3) is 0.136. The number of rotatable bonds is 7. The van der Waals surface area contributed by atoms with Gasteiger partial charge in [0.05, 0.1) is 5.56 Å². The van der Waals surface area contributed by atoms with E-state index in [4.69, 9.17) is 4.74 Å². The van der Waals surface area contributed by atoms with E-state index in [1.54, 1.807) is 12.1 Å². The summed E-state index contributed by atoms with van der Waals surface area (Å²) in [5.41, 5.74) is 4.11. The highest BCUT2D eigenvalue weighted by Gasteiger charge is 2.09. The number of nitrogens with one attached hydrogen (secondary N) is 1. The van der Waals surface area contributed by atoms with E-state index in [-0.39, 0.29) is 0 Å². The Morgan fingerprint density at radius 3 is 2.35 bits per heavy atom. The molecule has 3 rings (SSSR count). The number of benzene rings is 3. The summed E-state index contributed by atoms with van der Waals surface area (Å²) < 4.78 is 5.79. The molecule has 0 aliphatic carbocycles. The summed E-state index contributed by atoms with van der Waals surface area (Å²) in [5, 5.41) is 12.5. The van der Waals surface area contributed by atoms with Gasteiger partial charge in [0.1, 0.15) is 12.4 Å². The predicted octanol–water partition coefficient (Wildman–Crippen LogP) is 4.88. The summed E-state index contributed by atoms with van der Waals surface area (Å²) in [6, 6.07) is 23.2. The van der Waals surface area contributed by atoms with Gasteiger partial charge in [-0.3, -0.25) is 0 Å². The molecule has 0 saturated carbocycles. The van der Waals surface area contributed by atoms with Crippen LogP contribution in [0.15, 0.2) is 72.8 Å². The van der Waals surface area contributed by atoms with Gasteiger partial charge in [-0.1, -0.05) is 48.5 Å². The third-order valence-electron chi connectivity index (χ3n) is 4.22. The van der Waals surface area contributed by atoms with Gasteiger partial charge in [0.2, 0.25) is 0 Å². The van der Waals surface area contributed by atoms with Gasteiger partial charge in [0, 0.05) is 12.2 Å². The van der Waals surface area contributed by atoms with E-state index in [0.717, 1.165) is 28.1 Å². The SMILES string of the molecule is Cc1c(NCc2ccc(OCc3ccccc3)cc2)cccc1C(=O)O. The molecule has 0 spiro atoms. The Hall–Kier alpha value is -3.27. The molecule has 0 aliphatic heterocycles. The molecule has 26 heavy (non-hydrogen) atoms. The Kier molecular flexibility index (Phi) is 5.54. The second-order valence-electron chi connectivity index (χ2n) is 6.06. The van der Waals surface area contributed by atoms with E-state index >= 15 is 0 Å². The van der Waals surface area contributed by atoms with Crippen LogP contribution >= 0.6 is 0 Å². The Morgan fingerprint density at radius 1 is 0.923 bits per heavy atom. The van der Waals surface area contributed by atoms with Gasteiger partial charge in [-0.2, -0.15) is 0 Å². The van der Waals surface area contributed by atoms with Crippen molar-refractivity contribution in [3.8, 4) is 5.75 Å². The van der Waals surface area contributed by atoms with Crippen molar-refractivity contribution in [2.45, 2.75) is 20.1 Å². The molecule has 0 fully saturated rings. The molecule has 4 heteroatoms. The molecule has 0 atom stereocenters. The quantitative estimate of drug-likeness (QED) is 0.639. The van der Waals surface area contributed by atoms with Crippen LogP contribution in [-0.2, 0) is 13.2 Å². The first-order valence-corrected chi connectivity index (χ1v) is 8.46. The fourth-order valence-corrected chi connectivity index (χ4v) is 2.70. The van der Waals surface area contributed by atoms with Crippen molar-refractivity contribution >= 4 is 11.7 Å². The molecular weight excluding hydrogens is 326 g/mol. The first kappa shape index (κ1) is 17.5. The molecule has 0 amide bonds.